The van der Waals surface area contributed by atoms with Crippen LogP contribution in [0.3, 0.4) is 0 Å². The van der Waals surface area contributed by atoms with Gasteiger partial charge in [0.15, 0.2) is 0 Å². The van der Waals surface area contributed by atoms with Gasteiger partial charge in [-0.05, 0) is 35.4 Å². The van der Waals surface area contributed by atoms with Crippen molar-refractivity contribution in [2.45, 2.75) is 24.2 Å². The quantitative estimate of drug-likeness (QED) is 0.826. The maximum absolute atomic E-state index is 9.92. The fraction of sp³-hybridized carbons (Fsp3) is 0.231. The van der Waals surface area contributed by atoms with Crippen LogP contribution in [0.1, 0.15) is 16.8 Å². The number of nitrogens with two attached hydrogens (primary N) is 1. The largest absolute Gasteiger partial charge is 0.506 e. The predicted octanol–water partition coefficient (Wildman–Crippen LogP) is 2.89. The maximum Gasteiger partial charge on any atom is 0.141 e. The molecule has 0 amide bonds. The van der Waals surface area contributed by atoms with Gasteiger partial charge in [-0.1, -0.05) is 16.9 Å². The normalized spacial score (nSPS) is 10.6. The number of hydrogen-bond donors (Lipinski definition) is 2. The van der Waals surface area contributed by atoms with E-state index in [1.807, 2.05) is 18.2 Å². The molecular weight excluding hydrogens is 278 g/mol. The lowest BCUT2D eigenvalue weighted by Crippen LogP contribution is -2.03. The average molecular weight is 293 g/mol. The molecule has 0 saturated heterocycles. The van der Waals surface area contributed by atoms with E-state index in [0.717, 1.165) is 21.9 Å². The summed E-state index contributed by atoms with van der Waals surface area (Å²) < 4.78 is 0. The Morgan fingerprint density at radius 1 is 1.32 bits per heavy atom. The molecule has 3 N–H and O–H groups in total. The van der Waals surface area contributed by atoms with Gasteiger partial charge in [-0.3, -0.25) is 4.98 Å². The third kappa shape index (κ3) is 3.62. The lowest BCUT2D eigenvalue weighted by molar-refractivity contribution is 0.459. The van der Waals surface area contributed by atoms with Crippen molar-refractivity contribution in [1.82, 2.24) is 9.97 Å². The standard InChI is InChI=1S/C13H15N3OS2/c1-9-13(17)11(6-14)10(7-16-9)8-18-19-12-4-2-3-5-15-12/h2-5,7,17H,6,8,14H2,1H3. The minimum absolute atomic E-state index is 0.212. The monoisotopic (exact) mass is 293 g/mol. The lowest BCUT2D eigenvalue weighted by Gasteiger charge is -2.10. The highest BCUT2D eigenvalue weighted by Gasteiger charge is 2.10. The minimum Gasteiger partial charge on any atom is -0.506 e. The van der Waals surface area contributed by atoms with E-state index in [4.69, 9.17) is 5.73 Å². The van der Waals surface area contributed by atoms with E-state index in [9.17, 15) is 5.11 Å². The summed E-state index contributed by atoms with van der Waals surface area (Å²) in [4.78, 5) is 8.41. The van der Waals surface area contributed by atoms with Crippen molar-refractivity contribution in [2.24, 2.45) is 5.73 Å². The number of aryl methyl sites for hydroxylation is 1. The van der Waals surface area contributed by atoms with Gasteiger partial charge in [0.05, 0.1) is 5.69 Å². The predicted molar refractivity (Wildman–Crippen MR) is 79.9 cm³/mol. The van der Waals surface area contributed by atoms with Crippen LogP contribution >= 0.6 is 21.6 Å². The second-order valence-corrected chi connectivity index (χ2v) is 6.23. The van der Waals surface area contributed by atoms with Crippen LogP contribution in [-0.2, 0) is 12.3 Å². The molecule has 0 spiro atoms. The number of nitrogens with zero attached hydrogens (tertiary/aromatic N) is 2. The molecule has 100 valence electrons. The average Bonchev–Trinajstić information content (AvgIpc) is 2.44. The van der Waals surface area contributed by atoms with Crippen LogP contribution in [0.25, 0.3) is 0 Å². The van der Waals surface area contributed by atoms with Gasteiger partial charge in [0.1, 0.15) is 10.8 Å². The van der Waals surface area contributed by atoms with Gasteiger partial charge in [-0.15, -0.1) is 0 Å². The van der Waals surface area contributed by atoms with Crippen molar-refractivity contribution in [2.75, 3.05) is 0 Å². The summed E-state index contributed by atoms with van der Waals surface area (Å²) in [6, 6.07) is 5.82. The summed E-state index contributed by atoms with van der Waals surface area (Å²) in [6.07, 6.45) is 3.55. The molecule has 0 radical (unpaired) electrons. The van der Waals surface area contributed by atoms with Crippen molar-refractivity contribution < 1.29 is 5.11 Å². The van der Waals surface area contributed by atoms with Crippen molar-refractivity contribution >= 4 is 21.6 Å². The highest BCUT2D eigenvalue weighted by molar-refractivity contribution is 8.76. The molecule has 0 aromatic carbocycles. The van der Waals surface area contributed by atoms with Crippen LogP contribution < -0.4 is 5.73 Å². The minimum atomic E-state index is 0.212. The third-order valence-corrected chi connectivity index (χ3v) is 4.81. The Labute approximate surface area is 120 Å². The first kappa shape index (κ1) is 14.2. The molecule has 0 fully saturated rings. The Kier molecular flexibility index (Phi) is 5.07. The molecule has 2 aromatic rings. The molecular formula is C13H15N3OS2. The van der Waals surface area contributed by atoms with Gasteiger partial charge in [-0.2, -0.15) is 0 Å². The first-order valence-corrected chi connectivity index (χ1v) is 8.11. The molecule has 2 heterocycles. The smallest absolute Gasteiger partial charge is 0.141 e. The van der Waals surface area contributed by atoms with Crippen molar-refractivity contribution in [3.05, 3.63) is 47.4 Å². The van der Waals surface area contributed by atoms with E-state index < -0.39 is 0 Å². The molecule has 2 aromatic heterocycles. The van der Waals surface area contributed by atoms with Gasteiger partial charge in [-0.25, -0.2) is 4.98 Å². The molecule has 0 aliphatic carbocycles. The fourth-order valence-corrected chi connectivity index (χ4v) is 3.60. The zero-order valence-electron chi connectivity index (χ0n) is 10.5. The SMILES string of the molecule is Cc1ncc(CSSc2ccccn2)c(CN)c1O. The maximum atomic E-state index is 9.92. The number of aromatic nitrogens is 2. The summed E-state index contributed by atoms with van der Waals surface area (Å²) in [7, 11) is 3.25. The molecule has 6 heteroatoms. The molecule has 2 rings (SSSR count). The molecule has 0 saturated carbocycles. The summed E-state index contributed by atoms with van der Waals surface area (Å²) in [5.74, 6) is 0.942. The van der Waals surface area contributed by atoms with Gasteiger partial charge in [0.2, 0.25) is 0 Å². The zero-order valence-corrected chi connectivity index (χ0v) is 12.2. The molecule has 0 unspecified atom stereocenters. The molecule has 0 bridgehead atoms. The molecule has 0 atom stereocenters. The molecule has 4 nitrogen and oxygen atoms in total. The third-order valence-electron chi connectivity index (χ3n) is 2.63. The van der Waals surface area contributed by atoms with E-state index in [1.54, 1.807) is 40.9 Å². The summed E-state index contributed by atoms with van der Waals surface area (Å²) in [5, 5.41) is 10.9. The first-order valence-electron chi connectivity index (χ1n) is 5.79. The number of rotatable bonds is 5. The molecule has 0 aliphatic heterocycles. The van der Waals surface area contributed by atoms with Crippen LogP contribution in [0.15, 0.2) is 35.6 Å². The number of aromatic hydroxyl groups is 1. The first-order chi connectivity index (χ1) is 9.22. The Hall–Kier alpha value is -1.24. The fourth-order valence-electron chi connectivity index (χ4n) is 1.59. The summed E-state index contributed by atoms with van der Waals surface area (Å²) in [6.45, 7) is 2.09. The van der Waals surface area contributed by atoms with E-state index in [2.05, 4.69) is 9.97 Å². The second-order valence-electron chi connectivity index (χ2n) is 3.91. The Morgan fingerprint density at radius 3 is 2.84 bits per heavy atom. The highest BCUT2D eigenvalue weighted by atomic mass is 33.1. The summed E-state index contributed by atoms with van der Waals surface area (Å²) in [5.41, 5.74) is 8.05. The van der Waals surface area contributed by atoms with Crippen LogP contribution in [0, 0.1) is 6.92 Å². The molecule has 0 aliphatic rings. The number of hydrogen-bond acceptors (Lipinski definition) is 6. The topological polar surface area (TPSA) is 72.0 Å². The van der Waals surface area contributed by atoms with Crippen molar-refractivity contribution in [3.8, 4) is 5.75 Å². The van der Waals surface area contributed by atoms with E-state index in [-0.39, 0.29) is 5.75 Å². The van der Waals surface area contributed by atoms with E-state index in [1.165, 1.54) is 0 Å². The Morgan fingerprint density at radius 2 is 2.16 bits per heavy atom. The highest BCUT2D eigenvalue weighted by Crippen LogP contribution is 2.34. The van der Waals surface area contributed by atoms with Gasteiger partial charge in [0, 0.05) is 30.3 Å². The van der Waals surface area contributed by atoms with Crippen LogP contribution in [0.2, 0.25) is 0 Å². The molecule has 19 heavy (non-hydrogen) atoms. The Balaban J connectivity index is 2.02. The number of pyridine rings is 2. The summed E-state index contributed by atoms with van der Waals surface area (Å²) >= 11 is 0. The van der Waals surface area contributed by atoms with Crippen molar-refractivity contribution in [3.63, 3.8) is 0 Å². The van der Waals surface area contributed by atoms with Gasteiger partial charge in [0.25, 0.3) is 0 Å². The second kappa shape index (κ2) is 6.79. The van der Waals surface area contributed by atoms with Crippen LogP contribution in [0.4, 0.5) is 0 Å². The van der Waals surface area contributed by atoms with E-state index in [0.29, 0.717) is 12.2 Å². The van der Waals surface area contributed by atoms with Crippen molar-refractivity contribution in [1.29, 1.82) is 0 Å². The van der Waals surface area contributed by atoms with Crippen LogP contribution in [-0.4, -0.2) is 15.1 Å². The van der Waals surface area contributed by atoms with E-state index >= 15 is 0 Å². The van der Waals surface area contributed by atoms with Gasteiger partial charge < -0.3 is 10.8 Å². The lowest BCUT2D eigenvalue weighted by atomic mass is 10.1. The van der Waals surface area contributed by atoms with Crippen LogP contribution in [0.5, 0.6) is 5.75 Å². The van der Waals surface area contributed by atoms with Gasteiger partial charge >= 0.3 is 0 Å². The Bertz CT molecular complexity index is 549. The zero-order chi connectivity index (χ0) is 13.7.